The molecule has 6 heteroatoms. The third-order valence-electron chi connectivity index (χ3n) is 8.27. The van der Waals surface area contributed by atoms with Crippen LogP contribution in [0.2, 0.25) is 0 Å². The number of hydrogen-bond donors (Lipinski definition) is 0. The number of fused-ring (bicyclic) bond motifs is 5. The molecule has 0 amide bonds. The van der Waals surface area contributed by atoms with Crippen molar-refractivity contribution in [1.29, 1.82) is 0 Å². The molecule has 4 heterocycles. The summed E-state index contributed by atoms with van der Waals surface area (Å²) < 4.78 is 52.2. The van der Waals surface area contributed by atoms with Gasteiger partial charge in [0.2, 0.25) is 0 Å². The van der Waals surface area contributed by atoms with E-state index in [9.17, 15) is 0 Å². The molecule has 0 saturated carbocycles. The Bertz CT molecular complexity index is 2580. The number of hydrogen-bond acceptors (Lipinski definition) is 5. The van der Waals surface area contributed by atoms with E-state index in [1.165, 1.54) is 45.4 Å². The number of thiazole rings is 1. The van der Waals surface area contributed by atoms with Crippen molar-refractivity contribution in [3.05, 3.63) is 137 Å². The minimum Gasteiger partial charge on any atom is -0.498 e. The number of furan rings is 1. The molecule has 0 saturated heterocycles. The van der Waals surface area contributed by atoms with E-state index in [0.717, 1.165) is 38.0 Å². The van der Waals surface area contributed by atoms with Gasteiger partial charge in [0.25, 0.3) is 0 Å². The van der Waals surface area contributed by atoms with E-state index in [1.54, 1.807) is 18.2 Å². The Hall–Kier alpha value is -4.48. The van der Waals surface area contributed by atoms with Crippen LogP contribution in [-0.2, 0) is 20.1 Å². The maximum atomic E-state index is 7.77. The molecule has 0 atom stereocenters. The molecule has 0 fully saturated rings. The van der Waals surface area contributed by atoms with E-state index < -0.39 is 13.7 Å². The van der Waals surface area contributed by atoms with Crippen LogP contribution >= 0.6 is 11.3 Å². The zero-order chi connectivity index (χ0) is 37.7. The monoisotopic (exact) mass is 828 g/mol. The summed E-state index contributed by atoms with van der Waals surface area (Å²) in [6, 6.07) is 33.4. The summed E-state index contributed by atoms with van der Waals surface area (Å²) in [5, 5.41) is 1.94. The summed E-state index contributed by atoms with van der Waals surface area (Å²) in [7, 11) is 0. The minimum absolute atomic E-state index is 0. The summed E-state index contributed by atoms with van der Waals surface area (Å²) in [4.78, 5) is 13.4. The molecule has 8 aromatic rings. The van der Waals surface area contributed by atoms with Crippen LogP contribution in [-0.4, -0.2) is 15.0 Å². The Labute approximate surface area is 307 Å². The molecule has 0 aliphatic rings. The summed E-state index contributed by atoms with van der Waals surface area (Å²) >= 11 is 1.18. The van der Waals surface area contributed by atoms with Crippen molar-refractivity contribution in [1.82, 2.24) is 15.0 Å². The molecular formula is C42H35IrN3OS-2. The SMILES string of the molecule is [2H]C([2H])([2H])c1ccc(-c2[c-]cccc2)nc1.[2H]C([2H])([2H])c1nc2c(ccc3c4cc[c-]c(-c5cc(-c6c(C)cccc6C)c(C(C)C)cn5)c4oc32)s1.[Ir]. The first kappa shape index (κ1) is 26.5. The summed E-state index contributed by atoms with van der Waals surface area (Å²) in [5.41, 5.74) is 11.3. The molecule has 4 nitrogen and oxygen atoms in total. The van der Waals surface area contributed by atoms with Gasteiger partial charge in [-0.25, -0.2) is 4.98 Å². The van der Waals surface area contributed by atoms with Crippen LogP contribution < -0.4 is 0 Å². The Kier molecular flexibility index (Phi) is 7.69. The molecule has 4 aromatic carbocycles. The number of pyridine rings is 2. The van der Waals surface area contributed by atoms with Crippen molar-refractivity contribution in [2.45, 2.75) is 47.3 Å². The fourth-order valence-electron chi connectivity index (χ4n) is 6.00. The van der Waals surface area contributed by atoms with Crippen molar-refractivity contribution in [3.63, 3.8) is 0 Å². The van der Waals surface area contributed by atoms with Gasteiger partial charge in [0.1, 0.15) is 11.1 Å². The quantitative estimate of drug-likeness (QED) is 0.166. The Morgan fingerprint density at radius 3 is 2.31 bits per heavy atom. The second-order valence-electron chi connectivity index (χ2n) is 11.8. The second kappa shape index (κ2) is 13.9. The summed E-state index contributed by atoms with van der Waals surface area (Å²) in [6.07, 6.45) is 3.36. The Balaban J connectivity index is 0.000000246. The first-order valence-electron chi connectivity index (χ1n) is 18.4. The fraction of sp³-hybridized carbons (Fsp3) is 0.167. The number of aryl methyl sites for hydroxylation is 4. The van der Waals surface area contributed by atoms with Crippen molar-refractivity contribution >= 4 is 43.5 Å². The average molecular weight is 828 g/mol. The molecule has 0 unspecified atom stereocenters. The smallest absolute Gasteiger partial charge is 0.148 e. The molecule has 0 N–H and O–H groups in total. The zero-order valence-electron chi connectivity index (χ0n) is 32.8. The van der Waals surface area contributed by atoms with Crippen LogP contribution in [0.25, 0.3) is 65.8 Å². The van der Waals surface area contributed by atoms with Crippen molar-refractivity contribution in [2.75, 3.05) is 0 Å². The first-order chi connectivity index (χ1) is 25.2. The zero-order valence-corrected chi connectivity index (χ0v) is 30.0. The van der Waals surface area contributed by atoms with Crippen LogP contribution in [0.5, 0.6) is 0 Å². The normalized spacial score (nSPS) is 13.5. The predicted octanol–water partition coefficient (Wildman–Crippen LogP) is 11.6. The van der Waals surface area contributed by atoms with Crippen molar-refractivity contribution in [2.24, 2.45) is 0 Å². The summed E-state index contributed by atoms with van der Waals surface area (Å²) in [5.74, 6) is 0.312. The van der Waals surface area contributed by atoms with E-state index in [2.05, 4.69) is 74.1 Å². The van der Waals surface area contributed by atoms with Crippen LogP contribution in [0, 0.1) is 39.7 Å². The maximum Gasteiger partial charge on any atom is 0.148 e. The third-order valence-corrected chi connectivity index (χ3v) is 9.10. The topological polar surface area (TPSA) is 51.8 Å². The number of aromatic nitrogens is 3. The van der Waals surface area contributed by atoms with E-state index in [-0.39, 0.29) is 30.7 Å². The van der Waals surface area contributed by atoms with Gasteiger partial charge in [0.05, 0.1) is 15.3 Å². The van der Waals surface area contributed by atoms with Crippen LogP contribution in [0.3, 0.4) is 0 Å². The average Bonchev–Trinajstić information content (AvgIpc) is 3.74. The minimum atomic E-state index is -2.26. The molecule has 1 radical (unpaired) electrons. The Morgan fingerprint density at radius 2 is 1.60 bits per heavy atom. The van der Waals surface area contributed by atoms with Crippen LogP contribution in [0.15, 0.2) is 102 Å². The molecule has 0 spiro atoms. The van der Waals surface area contributed by atoms with Crippen molar-refractivity contribution < 1.29 is 32.7 Å². The van der Waals surface area contributed by atoms with Gasteiger partial charge in [-0.05, 0) is 84.3 Å². The number of rotatable bonds is 4. The molecule has 0 aliphatic heterocycles. The molecule has 8 rings (SSSR count). The molecule has 4 aromatic heterocycles. The first-order valence-corrected chi connectivity index (χ1v) is 16.2. The van der Waals surface area contributed by atoms with Crippen molar-refractivity contribution in [3.8, 4) is 33.6 Å². The van der Waals surface area contributed by atoms with Gasteiger partial charge in [-0.2, -0.15) is 0 Å². The largest absolute Gasteiger partial charge is 0.498 e. The molecule has 241 valence electrons. The number of benzene rings is 4. The summed E-state index contributed by atoms with van der Waals surface area (Å²) in [6.45, 7) is 4.31. The van der Waals surface area contributed by atoms with E-state index in [0.29, 0.717) is 22.6 Å². The molecule has 0 bridgehead atoms. The van der Waals surface area contributed by atoms with E-state index >= 15 is 0 Å². The van der Waals surface area contributed by atoms with Gasteiger partial charge in [-0.15, -0.1) is 65.4 Å². The predicted molar refractivity (Wildman–Crippen MR) is 196 cm³/mol. The van der Waals surface area contributed by atoms with E-state index in [4.69, 9.17) is 17.6 Å². The van der Waals surface area contributed by atoms with Crippen LogP contribution in [0.4, 0.5) is 0 Å². The van der Waals surface area contributed by atoms with Gasteiger partial charge >= 0.3 is 0 Å². The van der Waals surface area contributed by atoms with Gasteiger partial charge in [-0.3, -0.25) is 0 Å². The number of nitrogens with zero attached hydrogens (tertiary/aromatic N) is 3. The molecule has 48 heavy (non-hydrogen) atoms. The molecular weight excluding hydrogens is 787 g/mol. The van der Waals surface area contributed by atoms with Gasteiger partial charge < -0.3 is 14.4 Å². The standard InChI is InChI=1S/C30H25N2OS.C12H10N.Ir/c1-16(2)24-15-31-25(14-23(24)27-17(3)8-6-9-18(27)4)22-11-7-10-20-21-12-13-26-28(32-19(5)34-26)30(21)33-29(20)22;1-10-7-8-12(13-9-10)11-5-3-2-4-6-11;/h6-10,12-16H,1-5H3;2-5,7-9H,1H3;/q2*-1;/i5D3;1D3;. The second-order valence-corrected chi connectivity index (χ2v) is 12.8. The maximum absolute atomic E-state index is 7.77. The van der Waals surface area contributed by atoms with Gasteiger partial charge in [0, 0.05) is 46.1 Å². The third kappa shape index (κ3) is 6.36. The van der Waals surface area contributed by atoms with E-state index in [1.807, 2.05) is 48.7 Å². The van der Waals surface area contributed by atoms with Crippen LogP contribution in [0.1, 0.15) is 55.3 Å². The fourth-order valence-corrected chi connectivity index (χ4v) is 6.72. The molecule has 0 aliphatic carbocycles. The van der Waals surface area contributed by atoms with Gasteiger partial charge in [0.15, 0.2) is 0 Å². The van der Waals surface area contributed by atoms with Gasteiger partial charge in [-0.1, -0.05) is 67.3 Å². The Morgan fingerprint density at radius 1 is 0.792 bits per heavy atom.